The summed E-state index contributed by atoms with van der Waals surface area (Å²) in [6.07, 6.45) is -2.35. The van der Waals surface area contributed by atoms with Crippen molar-refractivity contribution in [1.29, 1.82) is 0 Å². The van der Waals surface area contributed by atoms with E-state index in [1.165, 1.54) is 11.8 Å². The number of benzene rings is 1. The number of anilines is 1. The zero-order valence-electron chi connectivity index (χ0n) is 16.9. The molecule has 32 heavy (non-hydrogen) atoms. The van der Waals surface area contributed by atoms with Crippen molar-refractivity contribution in [2.24, 2.45) is 0 Å². The standard InChI is InChI=1S/C18H24I3N3O8/c1-8(28)24(2-3-25)16-14(20)11(17(31)22-4-9(29)6-26)13(19)12(15(16)21)18(32)23-5-10(30)7-27/h9-10,25-27,29-30H,2-7H2,1H3,(H,22,31)(H,23,32)/t9-,10-/m0/s1. The maximum atomic E-state index is 12.9. The Morgan fingerprint density at radius 1 is 0.844 bits per heavy atom. The second kappa shape index (κ2) is 14.1. The van der Waals surface area contributed by atoms with E-state index in [-0.39, 0.29) is 46.6 Å². The van der Waals surface area contributed by atoms with Crippen LogP contribution in [-0.4, -0.2) is 94.9 Å². The van der Waals surface area contributed by atoms with Crippen LogP contribution in [0.5, 0.6) is 0 Å². The second-order valence-electron chi connectivity index (χ2n) is 6.53. The van der Waals surface area contributed by atoms with Crippen LogP contribution in [0.25, 0.3) is 0 Å². The molecule has 0 radical (unpaired) electrons. The molecule has 0 aliphatic heterocycles. The summed E-state index contributed by atoms with van der Waals surface area (Å²) >= 11 is 5.58. The van der Waals surface area contributed by atoms with E-state index < -0.39 is 43.1 Å². The third-order valence-electron chi connectivity index (χ3n) is 4.14. The minimum atomic E-state index is -1.18. The van der Waals surface area contributed by atoms with Crippen LogP contribution < -0.4 is 15.5 Å². The van der Waals surface area contributed by atoms with Gasteiger partial charge in [0.2, 0.25) is 5.91 Å². The lowest BCUT2D eigenvalue weighted by Gasteiger charge is -2.27. The van der Waals surface area contributed by atoms with Crippen molar-refractivity contribution in [3.05, 3.63) is 21.8 Å². The van der Waals surface area contributed by atoms with Crippen molar-refractivity contribution < 1.29 is 39.9 Å². The fraction of sp³-hybridized carbons (Fsp3) is 0.500. The number of aliphatic hydroxyl groups is 5. The fourth-order valence-corrected chi connectivity index (χ4v) is 7.27. The topological polar surface area (TPSA) is 180 Å². The Kier molecular flexibility index (Phi) is 13.1. The molecular weight excluding hydrogens is 767 g/mol. The fourth-order valence-electron chi connectivity index (χ4n) is 2.54. The first-order valence-electron chi connectivity index (χ1n) is 9.25. The lowest BCUT2D eigenvalue weighted by Crippen LogP contribution is -2.39. The Morgan fingerprint density at radius 2 is 1.25 bits per heavy atom. The Bertz CT molecular complexity index is 802. The average molecular weight is 791 g/mol. The van der Waals surface area contributed by atoms with Gasteiger partial charge in [0.25, 0.3) is 11.8 Å². The summed E-state index contributed by atoms with van der Waals surface area (Å²) in [5.74, 6) is -1.69. The highest BCUT2D eigenvalue weighted by atomic mass is 127. The molecule has 3 amide bonds. The molecule has 0 bridgehead atoms. The van der Waals surface area contributed by atoms with Crippen LogP contribution in [0.2, 0.25) is 0 Å². The highest BCUT2D eigenvalue weighted by Crippen LogP contribution is 2.38. The zero-order chi connectivity index (χ0) is 24.6. The van der Waals surface area contributed by atoms with Gasteiger partial charge in [0.05, 0.1) is 56.0 Å². The van der Waals surface area contributed by atoms with Crippen molar-refractivity contribution in [3.8, 4) is 0 Å². The van der Waals surface area contributed by atoms with Gasteiger partial charge in [-0.1, -0.05) is 0 Å². The molecule has 14 heteroatoms. The van der Waals surface area contributed by atoms with E-state index in [1.54, 1.807) is 0 Å². The van der Waals surface area contributed by atoms with E-state index in [1.807, 2.05) is 67.8 Å². The van der Waals surface area contributed by atoms with Gasteiger partial charge in [0.15, 0.2) is 0 Å². The van der Waals surface area contributed by atoms with E-state index >= 15 is 0 Å². The first-order valence-corrected chi connectivity index (χ1v) is 12.5. The molecule has 0 aromatic heterocycles. The summed E-state index contributed by atoms with van der Waals surface area (Å²) < 4.78 is 0.964. The molecule has 0 heterocycles. The highest BCUT2D eigenvalue weighted by Gasteiger charge is 2.31. The van der Waals surface area contributed by atoms with Gasteiger partial charge in [0.1, 0.15) is 0 Å². The first kappa shape index (κ1) is 29.7. The van der Waals surface area contributed by atoms with Crippen molar-refractivity contribution >= 4 is 91.2 Å². The van der Waals surface area contributed by atoms with Crippen LogP contribution in [0.4, 0.5) is 5.69 Å². The summed E-state index contributed by atoms with van der Waals surface area (Å²) in [4.78, 5) is 39.4. The molecule has 0 aliphatic rings. The molecule has 180 valence electrons. The zero-order valence-corrected chi connectivity index (χ0v) is 23.4. The van der Waals surface area contributed by atoms with Gasteiger partial charge in [-0.05, 0) is 67.8 Å². The summed E-state index contributed by atoms with van der Waals surface area (Å²) in [6, 6.07) is 0. The van der Waals surface area contributed by atoms with Crippen LogP contribution in [0.1, 0.15) is 27.6 Å². The molecule has 0 saturated heterocycles. The number of hydrogen-bond donors (Lipinski definition) is 7. The molecule has 0 aliphatic carbocycles. The number of nitrogens with zero attached hydrogens (tertiary/aromatic N) is 1. The normalized spacial score (nSPS) is 12.8. The Labute approximate surface area is 225 Å². The molecule has 1 aromatic carbocycles. The van der Waals surface area contributed by atoms with Gasteiger partial charge in [-0.15, -0.1) is 0 Å². The first-order chi connectivity index (χ1) is 15.0. The summed E-state index contributed by atoms with van der Waals surface area (Å²) in [5.41, 5.74) is 0.404. The largest absolute Gasteiger partial charge is 0.395 e. The van der Waals surface area contributed by atoms with E-state index in [9.17, 15) is 29.7 Å². The second-order valence-corrected chi connectivity index (χ2v) is 9.76. The van der Waals surface area contributed by atoms with Crippen LogP contribution in [0.15, 0.2) is 0 Å². The van der Waals surface area contributed by atoms with Crippen molar-refractivity contribution in [2.75, 3.05) is 44.4 Å². The monoisotopic (exact) mass is 791 g/mol. The number of halogens is 3. The predicted molar refractivity (Wildman–Crippen MR) is 141 cm³/mol. The van der Waals surface area contributed by atoms with Gasteiger partial charge < -0.3 is 41.1 Å². The minimum Gasteiger partial charge on any atom is -0.395 e. The molecule has 2 atom stereocenters. The van der Waals surface area contributed by atoms with Gasteiger partial charge in [0, 0.05) is 30.1 Å². The minimum absolute atomic E-state index is 0.0729. The molecule has 0 spiro atoms. The Balaban J connectivity index is 3.67. The maximum Gasteiger partial charge on any atom is 0.253 e. The van der Waals surface area contributed by atoms with Gasteiger partial charge in [-0.2, -0.15) is 0 Å². The summed E-state index contributed by atoms with van der Waals surface area (Å²) in [7, 11) is 0. The third-order valence-corrected chi connectivity index (χ3v) is 7.32. The summed E-state index contributed by atoms with van der Waals surface area (Å²) in [6.45, 7) is -0.721. The number of hydrogen-bond acceptors (Lipinski definition) is 8. The third kappa shape index (κ3) is 7.57. The van der Waals surface area contributed by atoms with Crippen molar-refractivity contribution in [1.82, 2.24) is 10.6 Å². The predicted octanol–water partition coefficient (Wildman–Crippen LogP) is -0.988. The van der Waals surface area contributed by atoms with Crippen LogP contribution in [0.3, 0.4) is 0 Å². The molecule has 1 aromatic rings. The SMILES string of the molecule is CC(=O)N(CCO)c1c(I)c(C(=O)NC[C@H](O)CO)c(I)c(C(=O)NC[C@H](O)CO)c1I. The smallest absolute Gasteiger partial charge is 0.253 e. The lowest BCUT2D eigenvalue weighted by atomic mass is 10.1. The molecule has 0 saturated carbocycles. The molecule has 1 rings (SSSR count). The number of aliphatic hydroxyl groups excluding tert-OH is 5. The van der Waals surface area contributed by atoms with Gasteiger partial charge in [-0.3, -0.25) is 14.4 Å². The Morgan fingerprint density at radius 3 is 1.56 bits per heavy atom. The van der Waals surface area contributed by atoms with Crippen LogP contribution in [0, 0.1) is 10.7 Å². The van der Waals surface area contributed by atoms with E-state index in [4.69, 9.17) is 10.2 Å². The molecule has 0 fully saturated rings. The molecular formula is C18H24I3N3O8. The van der Waals surface area contributed by atoms with Crippen LogP contribution in [-0.2, 0) is 4.79 Å². The molecule has 7 N–H and O–H groups in total. The number of carbonyl (C=O) groups is 3. The Hall–Kier alpha value is -0.380. The van der Waals surface area contributed by atoms with Crippen LogP contribution >= 0.6 is 67.8 Å². The number of carbonyl (C=O) groups excluding carboxylic acids is 3. The summed E-state index contributed by atoms with van der Waals surface area (Å²) in [5, 5.41) is 51.5. The van der Waals surface area contributed by atoms with E-state index in [0.29, 0.717) is 7.14 Å². The highest BCUT2D eigenvalue weighted by molar-refractivity contribution is 14.1. The molecule has 11 nitrogen and oxygen atoms in total. The number of rotatable bonds is 11. The van der Waals surface area contributed by atoms with Crippen molar-refractivity contribution in [3.63, 3.8) is 0 Å². The van der Waals surface area contributed by atoms with E-state index in [0.717, 1.165) is 0 Å². The van der Waals surface area contributed by atoms with Gasteiger partial charge >= 0.3 is 0 Å². The quantitative estimate of drug-likeness (QED) is 0.140. The lowest BCUT2D eigenvalue weighted by molar-refractivity contribution is -0.116. The van der Waals surface area contributed by atoms with Gasteiger partial charge in [-0.25, -0.2) is 0 Å². The number of nitrogens with one attached hydrogen (secondary N) is 2. The van der Waals surface area contributed by atoms with Crippen molar-refractivity contribution in [2.45, 2.75) is 19.1 Å². The number of amides is 3. The average Bonchev–Trinajstić information content (AvgIpc) is 2.74. The van der Waals surface area contributed by atoms with E-state index in [2.05, 4.69) is 10.6 Å². The molecule has 0 unspecified atom stereocenters. The maximum absolute atomic E-state index is 12.9.